The molecular weight excluding hydrogens is 352 g/mol. The maximum atomic E-state index is 12.3. The Hall–Kier alpha value is -2.85. The summed E-state index contributed by atoms with van der Waals surface area (Å²) < 4.78 is 0. The molecule has 1 N–H and O–H groups in total. The molecule has 0 saturated carbocycles. The van der Waals surface area contributed by atoms with Gasteiger partial charge in [0.05, 0.1) is 16.7 Å². The maximum absolute atomic E-state index is 12.3. The normalized spacial score (nSPS) is 13.1. The molecule has 27 heavy (non-hydrogen) atoms. The SMILES string of the molecule is C/C(=N/NC(=O)CSC1c2ccccc2-c2ccccc21)c1ccccc1. The lowest BCUT2D eigenvalue weighted by Gasteiger charge is -2.12. The Kier molecular flexibility index (Phi) is 5.07. The zero-order valence-corrected chi connectivity index (χ0v) is 15.9. The molecule has 134 valence electrons. The number of hydrogen-bond acceptors (Lipinski definition) is 3. The molecule has 4 rings (SSSR count). The van der Waals surface area contributed by atoms with Gasteiger partial charge in [0.15, 0.2) is 0 Å². The van der Waals surface area contributed by atoms with E-state index in [0.717, 1.165) is 11.3 Å². The summed E-state index contributed by atoms with van der Waals surface area (Å²) >= 11 is 1.64. The molecule has 1 amide bonds. The molecule has 1 aliphatic carbocycles. The minimum Gasteiger partial charge on any atom is -0.272 e. The van der Waals surface area contributed by atoms with Crippen LogP contribution in [0.3, 0.4) is 0 Å². The van der Waals surface area contributed by atoms with Crippen LogP contribution in [0.5, 0.6) is 0 Å². The van der Waals surface area contributed by atoms with E-state index in [1.807, 2.05) is 37.3 Å². The molecule has 0 aliphatic heterocycles. The standard InChI is InChI=1S/C23H20N2OS/c1-16(17-9-3-2-4-10-17)24-25-22(26)15-27-23-20-13-7-5-11-18(20)19-12-6-8-14-21(19)23/h2-14,23H,15H2,1H3,(H,25,26)/b24-16-. The van der Waals surface area contributed by atoms with E-state index < -0.39 is 0 Å². The van der Waals surface area contributed by atoms with Crippen LogP contribution in [0.25, 0.3) is 11.1 Å². The molecule has 0 heterocycles. The Bertz CT molecular complexity index is 953. The van der Waals surface area contributed by atoms with Crippen LogP contribution in [0.1, 0.15) is 28.9 Å². The number of hydrogen-bond donors (Lipinski definition) is 1. The highest BCUT2D eigenvalue weighted by molar-refractivity contribution is 8.00. The van der Waals surface area contributed by atoms with Crippen LogP contribution in [-0.2, 0) is 4.79 Å². The number of benzene rings is 3. The number of thioether (sulfide) groups is 1. The second-order valence-electron chi connectivity index (χ2n) is 6.46. The van der Waals surface area contributed by atoms with Gasteiger partial charge in [-0.25, -0.2) is 5.43 Å². The van der Waals surface area contributed by atoms with Gasteiger partial charge in [-0.15, -0.1) is 11.8 Å². The monoisotopic (exact) mass is 372 g/mol. The van der Waals surface area contributed by atoms with Gasteiger partial charge >= 0.3 is 0 Å². The van der Waals surface area contributed by atoms with Gasteiger partial charge < -0.3 is 0 Å². The largest absolute Gasteiger partial charge is 0.272 e. The van der Waals surface area contributed by atoms with E-state index in [1.165, 1.54) is 22.3 Å². The zero-order valence-electron chi connectivity index (χ0n) is 15.1. The molecule has 0 atom stereocenters. The van der Waals surface area contributed by atoms with Crippen LogP contribution in [0.2, 0.25) is 0 Å². The Morgan fingerprint density at radius 2 is 1.44 bits per heavy atom. The van der Waals surface area contributed by atoms with Crippen molar-refractivity contribution in [2.24, 2.45) is 5.10 Å². The van der Waals surface area contributed by atoms with Gasteiger partial charge in [0.2, 0.25) is 5.91 Å². The van der Waals surface area contributed by atoms with Gasteiger partial charge in [-0.3, -0.25) is 4.79 Å². The van der Waals surface area contributed by atoms with E-state index in [1.54, 1.807) is 11.8 Å². The highest BCUT2D eigenvalue weighted by Gasteiger charge is 2.28. The van der Waals surface area contributed by atoms with Crippen molar-refractivity contribution in [3.63, 3.8) is 0 Å². The number of nitrogens with zero attached hydrogens (tertiary/aromatic N) is 1. The van der Waals surface area contributed by atoms with E-state index in [4.69, 9.17) is 0 Å². The molecule has 0 saturated heterocycles. The predicted octanol–water partition coefficient (Wildman–Crippen LogP) is 5.03. The summed E-state index contributed by atoms with van der Waals surface area (Å²) in [7, 11) is 0. The third-order valence-electron chi connectivity index (χ3n) is 4.70. The molecular formula is C23H20N2OS. The lowest BCUT2D eigenvalue weighted by atomic mass is 10.1. The van der Waals surface area contributed by atoms with Gasteiger partial charge in [-0.2, -0.15) is 5.10 Å². The first-order chi connectivity index (χ1) is 13.2. The third-order valence-corrected chi connectivity index (χ3v) is 5.97. The number of amides is 1. The molecule has 3 nitrogen and oxygen atoms in total. The van der Waals surface area contributed by atoms with Crippen molar-refractivity contribution in [2.75, 3.05) is 5.75 Å². The van der Waals surface area contributed by atoms with Crippen molar-refractivity contribution >= 4 is 23.4 Å². The second kappa shape index (κ2) is 7.80. The Balaban J connectivity index is 1.44. The van der Waals surface area contributed by atoms with E-state index >= 15 is 0 Å². The average Bonchev–Trinajstić information content (AvgIpc) is 3.05. The van der Waals surface area contributed by atoms with Crippen LogP contribution < -0.4 is 5.43 Å². The molecule has 0 unspecified atom stereocenters. The minimum atomic E-state index is -0.0860. The van der Waals surface area contributed by atoms with Gasteiger partial charge in [-0.1, -0.05) is 78.9 Å². The summed E-state index contributed by atoms with van der Waals surface area (Å²) in [6, 6.07) is 26.7. The minimum absolute atomic E-state index is 0.0860. The number of hydrazone groups is 1. The van der Waals surface area contributed by atoms with Crippen molar-refractivity contribution < 1.29 is 4.79 Å². The fourth-order valence-corrected chi connectivity index (χ4v) is 4.52. The topological polar surface area (TPSA) is 41.5 Å². The summed E-state index contributed by atoms with van der Waals surface area (Å²) in [5.41, 5.74) is 9.57. The summed E-state index contributed by atoms with van der Waals surface area (Å²) in [6.07, 6.45) is 0. The van der Waals surface area contributed by atoms with Crippen LogP contribution in [0.4, 0.5) is 0 Å². The van der Waals surface area contributed by atoms with E-state index in [-0.39, 0.29) is 11.2 Å². The van der Waals surface area contributed by atoms with Crippen molar-refractivity contribution in [3.8, 4) is 11.1 Å². The first-order valence-electron chi connectivity index (χ1n) is 8.92. The third kappa shape index (κ3) is 3.67. The number of fused-ring (bicyclic) bond motifs is 3. The van der Waals surface area contributed by atoms with Crippen LogP contribution in [0.15, 0.2) is 84.0 Å². The highest BCUT2D eigenvalue weighted by Crippen LogP contribution is 2.49. The summed E-state index contributed by atoms with van der Waals surface area (Å²) in [6.45, 7) is 1.90. The number of carbonyl (C=O) groups is 1. The first kappa shape index (κ1) is 17.6. The summed E-state index contributed by atoms with van der Waals surface area (Å²) in [5.74, 6) is 0.274. The van der Waals surface area contributed by atoms with E-state index in [0.29, 0.717) is 5.75 Å². The molecule has 0 spiro atoms. The van der Waals surface area contributed by atoms with Crippen LogP contribution in [-0.4, -0.2) is 17.4 Å². The van der Waals surface area contributed by atoms with Crippen molar-refractivity contribution in [2.45, 2.75) is 12.2 Å². The quantitative estimate of drug-likeness (QED) is 0.504. The second-order valence-corrected chi connectivity index (χ2v) is 7.56. The fourth-order valence-electron chi connectivity index (χ4n) is 3.37. The Labute approximate surface area is 163 Å². The zero-order chi connectivity index (χ0) is 18.6. The molecule has 0 bridgehead atoms. The van der Waals surface area contributed by atoms with E-state index in [2.05, 4.69) is 59.1 Å². The lowest BCUT2D eigenvalue weighted by molar-refractivity contribution is -0.118. The van der Waals surface area contributed by atoms with Crippen molar-refractivity contribution in [1.29, 1.82) is 0 Å². The van der Waals surface area contributed by atoms with Gasteiger partial charge in [-0.05, 0) is 34.7 Å². The molecule has 0 fully saturated rings. The predicted molar refractivity (Wildman–Crippen MR) is 113 cm³/mol. The van der Waals surface area contributed by atoms with Crippen LogP contribution >= 0.6 is 11.8 Å². The summed E-state index contributed by atoms with van der Waals surface area (Å²) in [5, 5.41) is 4.41. The molecule has 3 aromatic carbocycles. The molecule has 1 aliphatic rings. The lowest BCUT2D eigenvalue weighted by Crippen LogP contribution is -2.21. The highest BCUT2D eigenvalue weighted by atomic mass is 32.2. The van der Waals surface area contributed by atoms with Gasteiger partial charge in [0, 0.05) is 0 Å². The van der Waals surface area contributed by atoms with Crippen LogP contribution in [0, 0.1) is 0 Å². The molecule has 3 aromatic rings. The fraction of sp³-hybridized carbons (Fsp3) is 0.130. The average molecular weight is 372 g/mol. The van der Waals surface area contributed by atoms with Gasteiger partial charge in [0.25, 0.3) is 0 Å². The Morgan fingerprint density at radius 3 is 2.07 bits per heavy atom. The molecule has 0 radical (unpaired) electrons. The first-order valence-corrected chi connectivity index (χ1v) is 9.97. The Morgan fingerprint density at radius 1 is 0.889 bits per heavy atom. The van der Waals surface area contributed by atoms with Crippen molar-refractivity contribution in [3.05, 3.63) is 95.6 Å². The van der Waals surface area contributed by atoms with E-state index in [9.17, 15) is 4.79 Å². The van der Waals surface area contributed by atoms with Crippen molar-refractivity contribution in [1.82, 2.24) is 5.43 Å². The smallest absolute Gasteiger partial charge is 0.250 e. The molecule has 0 aromatic heterocycles. The molecule has 4 heteroatoms. The van der Waals surface area contributed by atoms with Gasteiger partial charge in [0.1, 0.15) is 0 Å². The summed E-state index contributed by atoms with van der Waals surface area (Å²) in [4.78, 5) is 12.3. The maximum Gasteiger partial charge on any atom is 0.250 e. The number of rotatable bonds is 5. The number of nitrogens with one attached hydrogen (secondary N) is 1. The number of carbonyl (C=O) groups excluding carboxylic acids is 1.